The summed E-state index contributed by atoms with van der Waals surface area (Å²) in [7, 11) is 0. The second-order valence-electron chi connectivity index (χ2n) is 6.40. The van der Waals surface area contributed by atoms with E-state index in [9.17, 15) is 0 Å². The van der Waals surface area contributed by atoms with E-state index in [-0.39, 0.29) is 0 Å². The number of hydrogen-bond donors (Lipinski definition) is 1. The Kier molecular flexibility index (Phi) is 4.46. The average molecular weight is 294 g/mol. The molecule has 1 aromatic heterocycles. The van der Waals surface area contributed by atoms with Crippen LogP contribution >= 0.6 is 11.3 Å². The maximum Gasteiger partial charge on any atom is 0.0678 e. The van der Waals surface area contributed by atoms with E-state index in [2.05, 4.69) is 37.1 Å². The summed E-state index contributed by atoms with van der Waals surface area (Å²) in [4.78, 5) is 5.49. The molecule has 0 aromatic carbocycles. The lowest BCUT2D eigenvalue weighted by Gasteiger charge is -2.35. The molecule has 4 heteroatoms. The Morgan fingerprint density at radius 1 is 1.30 bits per heavy atom. The van der Waals surface area contributed by atoms with Gasteiger partial charge in [-0.1, -0.05) is 0 Å². The maximum absolute atomic E-state index is 5.81. The highest BCUT2D eigenvalue weighted by Crippen LogP contribution is 2.26. The number of morpholine rings is 1. The molecule has 1 aliphatic heterocycles. The Balaban J connectivity index is 1.58. The Morgan fingerprint density at radius 2 is 2.00 bits per heavy atom. The van der Waals surface area contributed by atoms with Crippen molar-refractivity contribution in [1.29, 1.82) is 0 Å². The second kappa shape index (κ2) is 6.14. The van der Waals surface area contributed by atoms with Gasteiger partial charge in [-0.05, 0) is 45.2 Å². The summed E-state index contributed by atoms with van der Waals surface area (Å²) in [5, 5.41) is 3.61. The van der Waals surface area contributed by atoms with Crippen molar-refractivity contribution in [3.8, 4) is 0 Å². The van der Waals surface area contributed by atoms with Crippen LogP contribution in [0.2, 0.25) is 0 Å². The molecule has 0 spiro atoms. The van der Waals surface area contributed by atoms with Gasteiger partial charge in [0.2, 0.25) is 0 Å². The first-order chi connectivity index (χ1) is 9.60. The standard InChI is InChI=1S/C16H26N2OS/c1-11-8-18(9-12(2)19-11)10-14-6-16(20-13(14)3)7-17-15-4-5-15/h6,11-12,15,17H,4-5,7-10H2,1-3H3. The molecule has 2 heterocycles. The van der Waals surface area contributed by atoms with Crippen molar-refractivity contribution < 1.29 is 4.74 Å². The third-order valence-electron chi connectivity index (χ3n) is 4.10. The minimum absolute atomic E-state index is 0.355. The first-order valence-corrected chi connectivity index (χ1v) is 8.61. The molecule has 3 nitrogen and oxygen atoms in total. The van der Waals surface area contributed by atoms with Gasteiger partial charge in [-0.25, -0.2) is 0 Å². The number of hydrogen-bond acceptors (Lipinski definition) is 4. The molecule has 1 aromatic rings. The lowest BCUT2D eigenvalue weighted by molar-refractivity contribution is -0.0705. The highest BCUT2D eigenvalue weighted by molar-refractivity contribution is 7.12. The topological polar surface area (TPSA) is 24.5 Å². The van der Waals surface area contributed by atoms with Crippen molar-refractivity contribution in [3.05, 3.63) is 21.4 Å². The third-order valence-corrected chi connectivity index (χ3v) is 5.20. The molecular weight excluding hydrogens is 268 g/mol. The van der Waals surface area contributed by atoms with Crippen LogP contribution in [-0.2, 0) is 17.8 Å². The number of aryl methyl sites for hydroxylation is 1. The predicted octanol–water partition coefficient (Wildman–Crippen LogP) is 2.92. The first kappa shape index (κ1) is 14.5. The van der Waals surface area contributed by atoms with Crippen LogP contribution in [0.15, 0.2) is 6.07 Å². The van der Waals surface area contributed by atoms with Crippen LogP contribution in [0.4, 0.5) is 0 Å². The van der Waals surface area contributed by atoms with Gasteiger partial charge >= 0.3 is 0 Å². The molecule has 2 atom stereocenters. The zero-order valence-electron chi connectivity index (χ0n) is 12.8. The average Bonchev–Trinajstić information content (AvgIpc) is 3.12. The summed E-state index contributed by atoms with van der Waals surface area (Å²) in [5.74, 6) is 0. The summed E-state index contributed by atoms with van der Waals surface area (Å²) >= 11 is 1.95. The Hall–Kier alpha value is -0.420. The summed E-state index contributed by atoms with van der Waals surface area (Å²) < 4.78 is 5.81. The van der Waals surface area contributed by atoms with E-state index in [0.717, 1.165) is 32.2 Å². The largest absolute Gasteiger partial charge is 0.373 e. The summed E-state index contributed by atoms with van der Waals surface area (Å²) in [6.45, 7) is 10.8. The molecule has 112 valence electrons. The van der Waals surface area contributed by atoms with Crippen molar-refractivity contribution in [1.82, 2.24) is 10.2 Å². The summed E-state index contributed by atoms with van der Waals surface area (Å²) in [5.41, 5.74) is 1.50. The molecule has 2 unspecified atom stereocenters. The van der Waals surface area contributed by atoms with E-state index in [1.54, 1.807) is 0 Å². The molecule has 1 saturated carbocycles. The van der Waals surface area contributed by atoms with Gasteiger partial charge in [0.25, 0.3) is 0 Å². The summed E-state index contributed by atoms with van der Waals surface area (Å²) in [6, 6.07) is 3.20. The van der Waals surface area contributed by atoms with Gasteiger partial charge in [-0.2, -0.15) is 0 Å². The highest BCUT2D eigenvalue weighted by Gasteiger charge is 2.23. The van der Waals surface area contributed by atoms with Gasteiger partial charge in [0.05, 0.1) is 12.2 Å². The zero-order valence-corrected chi connectivity index (χ0v) is 13.6. The quantitative estimate of drug-likeness (QED) is 0.903. The van der Waals surface area contributed by atoms with Crippen molar-refractivity contribution in [2.24, 2.45) is 0 Å². The van der Waals surface area contributed by atoms with Crippen molar-refractivity contribution in [2.75, 3.05) is 13.1 Å². The van der Waals surface area contributed by atoms with Crippen LogP contribution in [0.1, 0.15) is 42.0 Å². The number of ether oxygens (including phenoxy) is 1. The molecular formula is C16H26N2OS. The van der Waals surface area contributed by atoms with Crippen molar-refractivity contribution in [3.63, 3.8) is 0 Å². The lowest BCUT2D eigenvalue weighted by atomic mass is 10.2. The van der Waals surface area contributed by atoms with Gasteiger partial charge in [-0.3, -0.25) is 4.90 Å². The molecule has 2 aliphatic rings. The molecule has 1 saturated heterocycles. The Morgan fingerprint density at radius 3 is 2.65 bits per heavy atom. The monoisotopic (exact) mass is 294 g/mol. The fourth-order valence-corrected chi connectivity index (χ4v) is 4.02. The SMILES string of the molecule is Cc1sc(CNC2CC2)cc1CN1CC(C)OC(C)C1. The zero-order chi connectivity index (χ0) is 14.1. The van der Waals surface area contributed by atoms with Gasteiger partial charge in [0, 0.05) is 42.0 Å². The van der Waals surface area contributed by atoms with Crippen LogP contribution in [-0.4, -0.2) is 36.2 Å². The lowest BCUT2D eigenvalue weighted by Crippen LogP contribution is -2.44. The number of rotatable bonds is 5. The fourth-order valence-electron chi connectivity index (χ4n) is 3.02. The van der Waals surface area contributed by atoms with Crippen LogP contribution < -0.4 is 5.32 Å². The van der Waals surface area contributed by atoms with Crippen LogP contribution in [0.5, 0.6) is 0 Å². The molecule has 20 heavy (non-hydrogen) atoms. The van der Waals surface area contributed by atoms with Gasteiger partial charge in [-0.15, -0.1) is 11.3 Å². The van der Waals surface area contributed by atoms with Crippen molar-refractivity contribution >= 4 is 11.3 Å². The van der Waals surface area contributed by atoms with E-state index in [1.807, 2.05) is 11.3 Å². The Labute approximate surface area is 126 Å². The Bertz CT molecular complexity index is 445. The fraction of sp³-hybridized carbons (Fsp3) is 0.750. The minimum atomic E-state index is 0.355. The van der Waals surface area contributed by atoms with Crippen LogP contribution in [0, 0.1) is 6.92 Å². The van der Waals surface area contributed by atoms with Crippen LogP contribution in [0.3, 0.4) is 0 Å². The molecule has 0 radical (unpaired) electrons. The molecule has 3 rings (SSSR count). The van der Waals surface area contributed by atoms with Gasteiger partial charge in [0.1, 0.15) is 0 Å². The highest BCUT2D eigenvalue weighted by atomic mass is 32.1. The molecule has 0 amide bonds. The van der Waals surface area contributed by atoms with E-state index in [1.165, 1.54) is 28.2 Å². The number of nitrogens with zero attached hydrogens (tertiary/aromatic N) is 1. The normalized spacial score (nSPS) is 27.9. The van der Waals surface area contributed by atoms with Gasteiger partial charge < -0.3 is 10.1 Å². The predicted molar refractivity (Wildman–Crippen MR) is 84.2 cm³/mol. The smallest absolute Gasteiger partial charge is 0.0678 e. The number of thiophene rings is 1. The molecule has 0 bridgehead atoms. The van der Waals surface area contributed by atoms with E-state index in [4.69, 9.17) is 4.74 Å². The molecule has 1 aliphatic carbocycles. The van der Waals surface area contributed by atoms with Crippen LogP contribution in [0.25, 0.3) is 0 Å². The molecule has 1 N–H and O–H groups in total. The third kappa shape index (κ3) is 3.82. The minimum Gasteiger partial charge on any atom is -0.373 e. The van der Waals surface area contributed by atoms with E-state index >= 15 is 0 Å². The summed E-state index contributed by atoms with van der Waals surface area (Å²) in [6.07, 6.45) is 3.43. The van der Waals surface area contributed by atoms with Crippen molar-refractivity contribution in [2.45, 2.75) is 65.0 Å². The molecule has 2 fully saturated rings. The maximum atomic E-state index is 5.81. The van der Waals surface area contributed by atoms with E-state index in [0.29, 0.717) is 12.2 Å². The number of nitrogens with one attached hydrogen (secondary N) is 1. The second-order valence-corrected chi connectivity index (χ2v) is 7.74. The van der Waals surface area contributed by atoms with E-state index < -0.39 is 0 Å². The first-order valence-electron chi connectivity index (χ1n) is 7.79. The van der Waals surface area contributed by atoms with Gasteiger partial charge in [0.15, 0.2) is 0 Å².